The number of carbonyl (C=O) groups is 3. The second kappa shape index (κ2) is 11.0. The van der Waals surface area contributed by atoms with Crippen molar-refractivity contribution in [1.82, 2.24) is 20.0 Å². The van der Waals surface area contributed by atoms with Gasteiger partial charge in [0.05, 0.1) is 6.54 Å². The van der Waals surface area contributed by atoms with Crippen molar-refractivity contribution in [3.8, 4) is 0 Å². The van der Waals surface area contributed by atoms with Gasteiger partial charge < -0.3 is 15.1 Å². The number of rotatable bonds is 6. The standard InChI is InChI=1S/C22H32N4O3/c27-20(10-11-23-22(29)19-8-4-3-5-9-19)26-16-14-24(15-17-26)18-21(28)25-12-6-1-2-7-13-25/h3-5,8-9H,1-2,6-7,10-18H2,(H,23,29). The van der Waals surface area contributed by atoms with Crippen LogP contribution >= 0.6 is 0 Å². The van der Waals surface area contributed by atoms with E-state index >= 15 is 0 Å². The highest BCUT2D eigenvalue weighted by Crippen LogP contribution is 2.11. The number of benzene rings is 1. The van der Waals surface area contributed by atoms with Crippen LogP contribution in [-0.2, 0) is 9.59 Å². The second-order valence-corrected chi connectivity index (χ2v) is 7.82. The average molecular weight is 401 g/mol. The molecule has 2 heterocycles. The smallest absolute Gasteiger partial charge is 0.251 e. The minimum absolute atomic E-state index is 0.0526. The molecule has 2 aliphatic heterocycles. The summed E-state index contributed by atoms with van der Waals surface area (Å²) in [4.78, 5) is 42.9. The molecular formula is C22H32N4O3. The fourth-order valence-corrected chi connectivity index (χ4v) is 3.90. The number of hydrogen-bond donors (Lipinski definition) is 1. The maximum Gasteiger partial charge on any atom is 0.251 e. The van der Waals surface area contributed by atoms with E-state index in [1.807, 2.05) is 28.0 Å². The molecule has 0 bridgehead atoms. The SMILES string of the molecule is O=C(NCCC(=O)N1CCN(CC(=O)N2CCCCCC2)CC1)c1ccccc1. The summed E-state index contributed by atoms with van der Waals surface area (Å²) in [5.74, 6) is 0.113. The van der Waals surface area contributed by atoms with E-state index in [9.17, 15) is 14.4 Å². The molecule has 0 atom stereocenters. The van der Waals surface area contributed by atoms with E-state index in [1.54, 1.807) is 12.1 Å². The van der Waals surface area contributed by atoms with Gasteiger partial charge in [0.1, 0.15) is 0 Å². The molecule has 158 valence electrons. The van der Waals surface area contributed by atoms with Crippen LogP contribution in [0, 0.1) is 0 Å². The van der Waals surface area contributed by atoms with E-state index < -0.39 is 0 Å². The quantitative estimate of drug-likeness (QED) is 0.783. The van der Waals surface area contributed by atoms with Gasteiger partial charge in [-0.1, -0.05) is 31.0 Å². The first-order valence-corrected chi connectivity index (χ1v) is 10.7. The summed E-state index contributed by atoms with van der Waals surface area (Å²) < 4.78 is 0. The predicted octanol–water partition coefficient (Wildman–Crippen LogP) is 1.35. The van der Waals surface area contributed by atoms with E-state index in [4.69, 9.17) is 0 Å². The Hall–Kier alpha value is -2.41. The van der Waals surface area contributed by atoms with Crippen molar-refractivity contribution in [3.63, 3.8) is 0 Å². The van der Waals surface area contributed by atoms with Gasteiger partial charge in [-0.2, -0.15) is 0 Å². The van der Waals surface area contributed by atoms with Gasteiger partial charge in [0.25, 0.3) is 5.91 Å². The Morgan fingerprint density at radius 3 is 2.03 bits per heavy atom. The van der Waals surface area contributed by atoms with E-state index in [-0.39, 0.29) is 17.7 Å². The summed E-state index contributed by atoms with van der Waals surface area (Å²) in [5, 5.41) is 2.80. The Morgan fingerprint density at radius 2 is 1.38 bits per heavy atom. The number of amides is 3. The fraction of sp³-hybridized carbons (Fsp3) is 0.591. The fourth-order valence-electron chi connectivity index (χ4n) is 3.90. The van der Waals surface area contributed by atoms with Crippen LogP contribution in [0.15, 0.2) is 30.3 Å². The zero-order valence-electron chi connectivity index (χ0n) is 17.1. The van der Waals surface area contributed by atoms with E-state index in [0.29, 0.717) is 38.2 Å². The number of piperazine rings is 1. The third kappa shape index (κ3) is 6.56. The lowest BCUT2D eigenvalue weighted by molar-refractivity contribution is -0.135. The summed E-state index contributed by atoms with van der Waals surface area (Å²) in [5.41, 5.74) is 0.600. The highest BCUT2D eigenvalue weighted by Gasteiger charge is 2.24. The Balaban J connectivity index is 1.33. The van der Waals surface area contributed by atoms with Crippen LogP contribution in [0.4, 0.5) is 0 Å². The van der Waals surface area contributed by atoms with Crippen molar-refractivity contribution < 1.29 is 14.4 Å². The molecule has 0 aromatic heterocycles. The number of nitrogens with one attached hydrogen (secondary N) is 1. The van der Waals surface area contributed by atoms with Crippen molar-refractivity contribution >= 4 is 17.7 Å². The molecule has 1 N–H and O–H groups in total. The first-order valence-electron chi connectivity index (χ1n) is 10.7. The molecule has 0 radical (unpaired) electrons. The summed E-state index contributed by atoms with van der Waals surface area (Å²) in [6.45, 7) is 5.27. The summed E-state index contributed by atoms with van der Waals surface area (Å²) in [6, 6.07) is 9.00. The second-order valence-electron chi connectivity index (χ2n) is 7.82. The minimum Gasteiger partial charge on any atom is -0.352 e. The van der Waals surface area contributed by atoms with E-state index in [0.717, 1.165) is 39.0 Å². The zero-order valence-corrected chi connectivity index (χ0v) is 17.1. The normalized spacial score (nSPS) is 18.2. The van der Waals surface area contributed by atoms with Gasteiger partial charge in [0, 0.05) is 57.8 Å². The van der Waals surface area contributed by atoms with Gasteiger partial charge in [-0.3, -0.25) is 19.3 Å². The molecule has 3 amide bonds. The molecule has 2 aliphatic rings. The number of hydrogen-bond acceptors (Lipinski definition) is 4. The topological polar surface area (TPSA) is 73.0 Å². The molecule has 0 aliphatic carbocycles. The van der Waals surface area contributed by atoms with Crippen LogP contribution < -0.4 is 5.32 Å². The molecule has 2 fully saturated rings. The highest BCUT2D eigenvalue weighted by atomic mass is 16.2. The van der Waals surface area contributed by atoms with Gasteiger partial charge in [0.2, 0.25) is 11.8 Å². The van der Waals surface area contributed by atoms with Gasteiger partial charge in [-0.25, -0.2) is 0 Å². The van der Waals surface area contributed by atoms with Crippen molar-refractivity contribution in [2.45, 2.75) is 32.1 Å². The molecule has 29 heavy (non-hydrogen) atoms. The maximum absolute atomic E-state index is 12.5. The van der Waals surface area contributed by atoms with Gasteiger partial charge in [-0.05, 0) is 25.0 Å². The zero-order chi connectivity index (χ0) is 20.5. The van der Waals surface area contributed by atoms with Crippen molar-refractivity contribution in [1.29, 1.82) is 0 Å². The van der Waals surface area contributed by atoms with Crippen LogP contribution in [0.25, 0.3) is 0 Å². The third-order valence-electron chi connectivity index (χ3n) is 5.70. The molecular weight excluding hydrogens is 368 g/mol. The number of nitrogens with zero attached hydrogens (tertiary/aromatic N) is 3. The Labute approximate surface area is 173 Å². The molecule has 0 unspecified atom stereocenters. The van der Waals surface area contributed by atoms with Crippen LogP contribution in [-0.4, -0.2) is 84.8 Å². The first kappa shape index (κ1) is 21.3. The van der Waals surface area contributed by atoms with Gasteiger partial charge in [0.15, 0.2) is 0 Å². The Kier molecular flexibility index (Phi) is 8.04. The Morgan fingerprint density at radius 1 is 0.759 bits per heavy atom. The number of carbonyl (C=O) groups excluding carboxylic acids is 3. The first-order chi connectivity index (χ1) is 14.1. The average Bonchev–Trinajstić information content (AvgIpc) is 3.04. The lowest BCUT2D eigenvalue weighted by atomic mass is 10.2. The van der Waals surface area contributed by atoms with Crippen molar-refractivity contribution in [2.75, 3.05) is 52.4 Å². The highest BCUT2D eigenvalue weighted by molar-refractivity contribution is 5.94. The largest absolute Gasteiger partial charge is 0.352 e. The molecule has 2 saturated heterocycles. The van der Waals surface area contributed by atoms with Gasteiger partial charge in [-0.15, -0.1) is 0 Å². The van der Waals surface area contributed by atoms with Crippen molar-refractivity contribution in [2.24, 2.45) is 0 Å². The van der Waals surface area contributed by atoms with E-state index in [2.05, 4.69) is 10.2 Å². The Bertz CT molecular complexity index is 679. The molecule has 3 rings (SSSR count). The monoisotopic (exact) mass is 400 g/mol. The van der Waals surface area contributed by atoms with Crippen LogP contribution in [0.2, 0.25) is 0 Å². The molecule has 0 saturated carbocycles. The molecule has 7 heteroatoms. The molecule has 7 nitrogen and oxygen atoms in total. The van der Waals surface area contributed by atoms with Gasteiger partial charge >= 0.3 is 0 Å². The molecule has 1 aromatic rings. The third-order valence-corrected chi connectivity index (χ3v) is 5.70. The molecule has 1 aromatic carbocycles. The van der Waals surface area contributed by atoms with Crippen LogP contribution in [0.5, 0.6) is 0 Å². The molecule has 0 spiro atoms. The number of likely N-dealkylation sites (tertiary alicyclic amines) is 1. The summed E-state index contributed by atoms with van der Waals surface area (Å²) >= 11 is 0. The van der Waals surface area contributed by atoms with Crippen LogP contribution in [0.3, 0.4) is 0 Å². The van der Waals surface area contributed by atoms with E-state index in [1.165, 1.54) is 12.8 Å². The lowest BCUT2D eigenvalue weighted by Crippen LogP contribution is -2.52. The lowest BCUT2D eigenvalue weighted by Gasteiger charge is -2.35. The minimum atomic E-state index is -0.157. The summed E-state index contributed by atoms with van der Waals surface area (Å²) in [6.07, 6.45) is 4.95. The maximum atomic E-state index is 12.5. The predicted molar refractivity (Wildman–Crippen MR) is 111 cm³/mol. The van der Waals surface area contributed by atoms with Crippen molar-refractivity contribution in [3.05, 3.63) is 35.9 Å². The van der Waals surface area contributed by atoms with Crippen LogP contribution in [0.1, 0.15) is 42.5 Å². The summed E-state index contributed by atoms with van der Waals surface area (Å²) in [7, 11) is 0.